The average molecular weight is 329 g/mol. The van der Waals surface area contributed by atoms with Crippen LogP contribution in [0.15, 0.2) is 23.1 Å². The van der Waals surface area contributed by atoms with Gasteiger partial charge >= 0.3 is 0 Å². The zero-order chi connectivity index (χ0) is 16.3. The number of methoxy groups -OCH3 is 1. The Balaban J connectivity index is 2.34. The van der Waals surface area contributed by atoms with Crippen LogP contribution >= 0.6 is 0 Å². The van der Waals surface area contributed by atoms with Gasteiger partial charge in [0.05, 0.1) is 18.1 Å². The highest BCUT2D eigenvalue weighted by Crippen LogP contribution is 2.29. The van der Waals surface area contributed by atoms with Crippen molar-refractivity contribution >= 4 is 15.7 Å². The molecule has 1 aromatic rings. The first-order chi connectivity index (χ1) is 10.3. The number of hydrogen-bond acceptors (Lipinski definition) is 6. The first-order valence-corrected chi connectivity index (χ1v) is 8.44. The smallest absolute Gasteiger partial charge is 0.293 e. The fourth-order valence-corrected chi connectivity index (χ4v) is 4.04. The Morgan fingerprint density at radius 2 is 2.05 bits per heavy atom. The van der Waals surface area contributed by atoms with E-state index in [1.807, 2.05) is 0 Å². The number of rotatable bonds is 5. The standard InChI is InChI=1S/C13H19N3O5S/c1-21-9-6-7-13(12(8-9)16(17)18)22(19,20)15-11-5-3-2-4-10(11)14/h6-8,10-11,15H,2-5,14H2,1H3/t10-,11-/m1/s1. The maximum Gasteiger partial charge on any atom is 0.293 e. The molecule has 1 saturated carbocycles. The van der Waals surface area contributed by atoms with Gasteiger partial charge < -0.3 is 10.5 Å². The molecule has 0 bridgehead atoms. The minimum absolute atomic E-state index is 0.222. The van der Waals surface area contributed by atoms with E-state index in [2.05, 4.69) is 4.72 Å². The van der Waals surface area contributed by atoms with Crippen LogP contribution in [0.5, 0.6) is 5.75 Å². The largest absolute Gasteiger partial charge is 0.497 e. The summed E-state index contributed by atoms with van der Waals surface area (Å²) in [5.74, 6) is 0.222. The maximum absolute atomic E-state index is 12.5. The van der Waals surface area contributed by atoms with Crippen LogP contribution in [0, 0.1) is 10.1 Å². The number of hydrogen-bond donors (Lipinski definition) is 2. The SMILES string of the molecule is COc1ccc(S(=O)(=O)N[C@@H]2CCCC[C@H]2N)c([N+](=O)[O-])c1. The molecule has 122 valence electrons. The van der Waals surface area contributed by atoms with Gasteiger partial charge in [0, 0.05) is 12.1 Å². The van der Waals surface area contributed by atoms with Gasteiger partial charge in [-0.3, -0.25) is 10.1 Å². The van der Waals surface area contributed by atoms with Crippen LogP contribution in [0.4, 0.5) is 5.69 Å². The van der Waals surface area contributed by atoms with E-state index in [1.165, 1.54) is 19.2 Å². The van der Waals surface area contributed by atoms with Gasteiger partial charge in [-0.25, -0.2) is 13.1 Å². The van der Waals surface area contributed by atoms with Crippen molar-refractivity contribution in [2.45, 2.75) is 42.7 Å². The Kier molecular flexibility index (Phi) is 4.99. The van der Waals surface area contributed by atoms with Gasteiger partial charge in [-0.05, 0) is 25.0 Å². The van der Waals surface area contributed by atoms with Crippen LogP contribution in [0.25, 0.3) is 0 Å². The molecule has 2 rings (SSSR count). The van der Waals surface area contributed by atoms with E-state index in [9.17, 15) is 18.5 Å². The molecule has 1 aliphatic rings. The number of sulfonamides is 1. The first kappa shape index (κ1) is 16.7. The van der Waals surface area contributed by atoms with Crippen molar-refractivity contribution in [3.05, 3.63) is 28.3 Å². The molecule has 1 fully saturated rings. The predicted octanol–water partition coefficient (Wildman–Crippen LogP) is 1.15. The molecule has 0 spiro atoms. The molecule has 0 aliphatic heterocycles. The molecule has 0 unspecified atom stereocenters. The number of nitro benzene ring substituents is 1. The first-order valence-electron chi connectivity index (χ1n) is 6.95. The maximum atomic E-state index is 12.5. The molecular formula is C13H19N3O5S. The quantitative estimate of drug-likeness (QED) is 0.617. The van der Waals surface area contributed by atoms with Crippen molar-refractivity contribution in [3.63, 3.8) is 0 Å². The lowest BCUT2D eigenvalue weighted by atomic mass is 9.92. The number of nitro groups is 1. The minimum atomic E-state index is -4.02. The van der Waals surface area contributed by atoms with E-state index in [1.54, 1.807) is 0 Å². The molecule has 0 heterocycles. The van der Waals surface area contributed by atoms with Crippen LogP contribution in [0.3, 0.4) is 0 Å². The number of nitrogens with zero attached hydrogens (tertiary/aromatic N) is 1. The third-order valence-electron chi connectivity index (χ3n) is 3.78. The Hall–Kier alpha value is -1.71. The molecule has 0 amide bonds. The zero-order valence-corrected chi connectivity index (χ0v) is 13.0. The molecule has 2 atom stereocenters. The normalized spacial score (nSPS) is 22.3. The topological polar surface area (TPSA) is 125 Å². The van der Waals surface area contributed by atoms with Crippen molar-refractivity contribution in [1.82, 2.24) is 4.72 Å². The van der Waals surface area contributed by atoms with Crippen molar-refractivity contribution in [2.75, 3.05) is 7.11 Å². The lowest BCUT2D eigenvalue weighted by molar-refractivity contribution is -0.387. The molecule has 0 saturated heterocycles. The summed E-state index contributed by atoms with van der Waals surface area (Å²) in [5.41, 5.74) is 5.41. The molecule has 8 nitrogen and oxygen atoms in total. The Morgan fingerprint density at radius 1 is 1.36 bits per heavy atom. The van der Waals surface area contributed by atoms with E-state index < -0.39 is 26.7 Å². The highest BCUT2D eigenvalue weighted by Gasteiger charge is 2.31. The Morgan fingerprint density at radius 3 is 2.64 bits per heavy atom. The number of benzene rings is 1. The summed E-state index contributed by atoms with van der Waals surface area (Å²) in [7, 11) is -2.67. The number of ether oxygens (including phenoxy) is 1. The number of nitrogens with two attached hydrogens (primary N) is 1. The van der Waals surface area contributed by atoms with Gasteiger partial charge in [0.1, 0.15) is 5.75 Å². The second-order valence-corrected chi connectivity index (χ2v) is 6.95. The van der Waals surface area contributed by atoms with Crippen LogP contribution in [-0.4, -0.2) is 32.5 Å². The van der Waals surface area contributed by atoms with Gasteiger partial charge in [0.15, 0.2) is 4.90 Å². The molecule has 9 heteroatoms. The molecule has 0 radical (unpaired) electrons. The van der Waals surface area contributed by atoms with Gasteiger partial charge in [-0.15, -0.1) is 0 Å². The molecule has 22 heavy (non-hydrogen) atoms. The number of nitrogens with one attached hydrogen (secondary N) is 1. The van der Waals surface area contributed by atoms with Gasteiger partial charge in [0.2, 0.25) is 10.0 Å². The van der Waals surface area contributed by atoms with Crippen LogP contribution < -0.4 is 15.2 Å². The third-order valence-corrected chi connectivity index (χ3v) is 5.32. The third kappa shape index (κ3) is 3.54. The van der Waals surface area contributed by atoms with Gasteiger partial charge in [-0.2, -0.15) is 0 Å². The summed E-state index contributed by atoms with van der Waals surface area (Å²) in [4.78, 5) is 10.0. The molecule has 0 aromatic heterocycles. The van der Waals surface area contributed by atoms with Gasteiger partial charge in [-0.1, -0.05) is 12.8 Å². The monoisotopic (exact) mass is 329 g/mol. The molecule has 3 N–H and O–H groups in total. The average Bonchev–Trinajstić information content (AvgIpc) is 2.48. The minimum Gasteiger partial charge on any atom is -0.497 e. The Bertz CT molecular complexity index is 662. The fraction of sp³-hybridized carbons (Fsp3) is 0.538. The summed E-state index contributed by atoms with van der Waals surface area (Å²) in [6.45, 7) is 0. The van der Waals surface area contributed by atoms with Crippen LogP contribution in [0.2, 0.25) is 0 Å². The zero-order valence-electron chi connectivity index (χ0n) is 12.2. The van der Waals surface area contributed by atoms with Crippen LogP contribution in [-0.2, 0) is 10.0 Å². The summed E-state index contributed by atoms with van der Waals surface area (Å²) >= 11 is 0. The molecular weight excluding hydrogens is 310 g/mol. The van der Waals surface area contributed by atoms with Crippen molar-refractivity contribution < 1.29 is 18.1 Å². The second-order valence-electron chi connectivity index (χ2n) is 5.27. The molecule has 1 aromatic carbocycles. The highest BCUT2D eigenvalue weighted by atomic mass is 32.2. The Labute approximate surface area is 128 Å². The lowest BCUT2D eigenvalue weighted by Crippen LogP contribution is -2.49. The summed E-state index contributed by atoms with van der Waals surface area (Å²) < 4.78 is 32.3. The second kappa shape index (κ2) is 6.59. The lowest BCUT2D eigenvalue weighted by Gasteiger charge is -2.28. The van der Waals surface area contributed by atoms with Crippen LogP contribution in [0.1, 0.15) is 25.7 Å². The van der Waals surface area contributed by atoms with Crippen molar-refractivity contribution in [1.29, 1.82) is 0 Å². The van der Waals surface area contributed by atoms with E-state index in [4.69, 9.17) is 10.5 Å². The van der Waals surface area contributed by atoms with E-state index in [0.717, 1.165) is 25.3 Å². The van der Waals surface area contributed by atoms with Crippen molar-refractivity contribution in [2.24, 2.45) is 5.73 Å². The summed E-state index contributed by atoms with van der Waals surface area (Å²) in [6.07, 6.45) is 3.20. The van der Waals surface area contributed by atoms with E-state index in [0.29, 0.717) is 6.42 Å². The van der Waals surface area contributed by atoms with Gasteiger partial charge in [0.25, 0.3) is 5.69 Å². The fourth-order valence-electron chi connectivity index (χ4n) is 2.56. The predicted molar refractivity (Wildman–Crippen MR) is 80.2 cm³/mol. The van der Waals surface area contributed by atoms with E-state index in [-0.39, 0.29) is 16.7 Å². The highest BCUT2D eigenvalue weighted by molar-refractivity contribution is 7.89. The van der Waals surface area contributed by atoms with Crippen molar-refractivity contribution in [3.8, 4) is 5.75 Å². The molecule has 1 aliphatic carbocycles. The summed E-state index contributed by atoms with van der Waals surface area (Å²) in [6, 6.07) is 2.96. The summed E-state index contributed by atoms with van der Waals surface area (Å²) in [5, 5.41) is 11.1. The van der Waals surface area contributed by atoms with E-state index >= 15 is 0 Å².